The highest BCUT2D eigenvalue weighted by Crippen LogP contribution is 2.29. The number of methoxy groups -OCH3 is 1. The monoisotopic (exact) mass is 414 g/mol. The van der Waals surface area contributed by atoms with E-state index in [1.54, 1.807) is 35.9 Å². The van der Waals surface area contributed by atoms with Crippen LogP contribution in [0.5, 0.6) is 11.5 Å². The van der Waals surface area contributed by atoms with E-state index in [2.05, 4.69) is 5.32 Å². The van der Waals surface area contributed by atoms with E-state index in [9.17, 15) is 9.59 Å². The fraction of sp³-hybridized carbons (Fsp3) is 0.364. The maximum absolute atomic E-state index is 12.7. The third-order valence-corrected chi connectivity index (χ3v) is 5.39. The molecule has 1 N–H and O–H groups in total. The Morgan fingerprint density at radius 2 is 1.90 bits per heavy atom. The summed E-state index contributed by atoms with van der Waals surface area (Å²) in [7, 11) is 1.56. The van der Waals surface area contributed by atoms with E-state index in [0.717, 1.165) is 23.4 Å². The highest BCUT2D eigenvalue weighted by Gasteiger charge is 2.32. The number of hydrogen-bond acceptors (Lipinski definition) is 5. The van der Waals surface area contributed by atoms with Gasteiger partial charge in [-0.05, 0) is 49.4 Å². The van der Waals surface area contributed by atoms with Crippen molar-refractivity contribution < 1.29 is 19.1 Å². The van der Waals surface area contributed by atoms with Crippen LogP contribution < -0.4 is 14.8 Å². The molecule has 0 atom stereocenters. The molecule has 7 heteroatoms. The molecule has 2 amide bonds. The van der Waals surface area contributed by atoms with Crippen molar-refractivity contribution in [3.05, 3.63) is 48.5 Å². The van der Waals surface area contributed by atoms with Gasteiger partial charge in [0.1, 0.15) is 0 Å². The number of thioether (sulfide) groups is 1. The first-order chi connectivity index (χ1) is 14.1. The zero-order chi connectivity index (χ0) is 20.6. The first kappa shape index (κ1) is 21.0. The average Bonchev–Trinajstić information content (AvgIpc) is 3.58. The zero-order valence-corrected chi connectivity index (χ0v) is 17.5. The number of carbonyl (C=O) groups is 2. The predicted molar refractivity (Wildman–Crippen MR) is 115 cm³/mol. The summed E-state index contributed by atoms with van der Waals surface area (Å²) in [5.74, 6) is 0.901. The first-order valence-electron chi connectivity index (χ1n) is 9.60. The molecule has 29 heavy (non-hydrogen) atoms. The van der Waals surface area contributed by atoms with Crippen LogP contribution in [-0.2, 0) is 9.59 Å². The summed E-state index contributed by atoms with van der Waals surface area (Å²) in [5.41, 5.74) is 0.769. The van der Waals surface area contributed by atoms with Crippen LogP contribution in [0.1, 0.15) is 19.3 Å². The Bertz CT molecular complexity index is 854. The number of anilines is 1. The topological polar surface area (TPSA) is 67.9 Å². The number of carbonyl (C=O) groups excluding carboxylic acids is 2. The fourth-order valence-corrected chi connectivity index (χ4v) is 3.46. The summed E-state index contributed by atoms with van der Waals surface area (Å²) in [4.78, 5) is 27.9. The maximum atomic E-state index is 12.7. The molecule has 0 spiro atoms. The number of rotatable bonds is 10. The second-order valence-corrected chi connectivity index (χ2v) is 7.67. The molecule has 0 aromatic heterocycles. The van der Waals surface area contributed by atoms with Gasteiger partial charge < -0.3 is 19.7 Å². The third kappa shape index (κ3) is 6.15. The maximum Gasteiger partial charge on any atom is 0.260 e. The second kappa shape index (κ2) is 10.2. The van der Waals surface area contributed by atoms with E-state index in [0.29, 0.717) is 18.0 Å². The van der Waals surface area contributed by atoms with E-state index in [1.165, 1.54) is 0 Å². The van der Waals surface area contributed by atoms with Crippen LogP contribution in [0.3, 0.4) is 0 Å². The van der Waals surface area contributed by atoms with Gasteiger partial charge in [0.15, 0.2) is 18.1 Å². The number of nitrogens with one attached hydrogen (secondary N) is 1. The molecule has 1 aliphatic carbocycles. The molecule has 0 radical (unpaired) electrons. The first-order valence-corrected chi connectivity index (χ1v) is 10.8. The lowest BCUT2D eigenvalue weighted by Gasteiger charge is -2.22. The molecule has 1 saturated carbocycles. The summed E-state index contributed by atoms with van der Waals surface area (Å²) in [6.45, 7) is 0.307. The smallest absolute Gasteiger partial charge is 0.260 e. The Balaban J connectivity index is 1.51. The summed E-state index contributed by atoms with van der Waals surface area (Å²) in [6.07, 6.45) is 4.18. The summed E-state index contributed by atoms with van der Waals surface area (Å²) in [6, 6.07) is 15.1. The van der Waals surface area contributed by atoms with Gasteiger partial charge in [0.2, 0.25) is 5.91 Å². The molecular formula is C22H26N2O4S. The number of ether oxygens (including phenoxy) is 2. The fourth-order valence-electron chi connectivity index (χ4n) is 3.00. The van der Waals surface area contributed by atoms with Crippen LogP contribution in [0.25, 0.3) is 0 Å². The Kier molecular flexibility index (Phi) is 7.41. The molecule has 1 aliphatic rings. The van der Waals surface area contributed by atoms with Gasteiger partial charge in [-0.15, -0.1) is 11.8 Å². The molecule has 1 fully saturated rings. The van der Waals surface area contributed by atoms with Crippen molar-refractivity contribution in [2.24, 2.45) is 0 Å². The van der Waals surface area contributed by atoms with Gasteiger partial charge in [-0.2, -0.15) is 0 Å². The normalized spacial score (nSPS) is 12.9. The Morgan fingerprint density at radius 3 is 2.59 bits per heavy atom. The number of benzene rings is 2. The molecule has 0 unspecified atom stereocenters. The molecular weight excluding hydrogens is 388 g/mol. The lowest BCUT2D eigenvalue weighted by atomic mass is 10.3. The zero-order valence-electron chi connectivity index (χ0n) is 16.7. The van der Waals surface area contributed by atoms with Crippen LogP contribution in [0.4, 0.5) is 5.69 Å². The Hall–Kier alpha value is -2.67. The Morgan fingerprint density at radius 1 is 1.14 bits per heavy atom. The lowest BCUT2D eigenvalue weighted by molar-refractivity contribution is -0.134. The molecule has 0 heterocycles. The van der Waals surface area contributed by atoms with Crippen molar-refractivity contribution in [1.82, 2.24) is 4.90 Å². The lowest BCUT2D eigenvalue weighted by Crippen LogP contribution is -2.38. The van der Waals surface area contributed by atoms with Crippen LogP contribution in [0, 0.1) is 0 Å². The molecule has 0 bridgehead atoms. The van der Waals surface area contributed by atoms with Gasteiger partial charge in [-0.1, -0.05) is 18.2 Å². The van der Waals surface area contributed by atoms with Crippen molar-refractivity contribution in [2.75, 3.05) is 31.8 Å². The molecule has 2 aromatic carbocycles. The van der Waals surface area contributed by atoms with Gasteiger partial charge in [0, 0.05) is 29.6 Å². The van der Waals surface area contributed by atoms with Gasteiger partial charge in [-0.3, -0.25) is 9.59 Å². The minimum absolute atomic E-state index is 0.0751. The van der Waals surface area contributed by atoms with Gasteiger partial charge in [0.25, 0.3) is 5.91 Å². The summed E-state index contributed by atoms with van der Waals surface area (Å²) >= 11 is 1.62. The molecule has 3 rings (SSSR count). The second-order valence-electron chi connectivity index (χ2n) is 6.79. The number of hydrogen-bond donors (Lipinski definition) is 1. The largest absolute Gasteiger partial charge is 0.493 e. The Labute approximate surface area is 175 Å². The number of nitrogens with zero attached hydrogens (tertiary/aromatic N) is 1. The summed E-state index contributed by atoms with van der Waals surface area (Å²) in [5, 5.41) is 2.91. The van der Waals surface area contributed by atoms with Crippen LogP contribution in [-0.4, -0.2) is 49.3 Å². The minimum Gasteiger partial charge on any atom is -0.493 e. The van der Waals surface area contributed by atoms with E-state index < -0.39 is 0 Å². The summed E-state index contributed by atoms with van der Waals surface area (Å²) < 4.78 is 10.9. The van der Waals surface area contributed by atoms with Crippen molar-refractivity contribution in [2.45, 2.75) is 30.2 Å². The quantitative estimate of drug-likeness (QED) is 0.599. The predicted octanol–water partition coefficient (Wildman–Crippen LogP) is 3.82. The van der Waals surface area contributed by atoms with E-state index in [4.69, 9.17) is 9.47 Å². The highest BCUT2D eigenvalue weighted by molar-refractivity contribution is 7.98. The van der Waals surface area contributed by atoms with Crippen LogP contribution >= 0.6 is 11.8 Å². The molecule has 0 saturated heterocycles. The van der Waals surface area contributed by atoms with Crippen molar-refractivity contribution in [1.29, 1.82) is 0 Å². The average molecular weight is 415 g/mol. The van der Waals surface area contributed by atoms with Gasteiger partial charge >= 0.3 is 0 Å². The van der Waals surface area contributed by atoms with Gasteiger partial charge in [-0.25, -0.2) is 0 Å². The van der Waals surface area contributed by atoms with Crippen LogP contribution in [0.15, 0.2) is 53.4 Å². The molecule has 0 aliphatic heterocycles. The molecule has 2 aromatic rings. The van der Waals surface area contributed by atoms with Crippen molar-refractivity contribution in [3.8, 4) is 11.5 Å². The van der Waals surface area contributed by atoms with E-state index in [1.807, 2.05) is 42.7 Å². The third-order valence-electron chi connectivity index (χ3n) is 4.66. The van der Waals surface area contributed by atoms with Crippen molar-refractivity contribution in [3.63, 3.8) is 0 Å². The molecule has 6 nitrogen and oxygen atoms in total. The molecule has 154 valence electrons. The number of para-hydroxylation sites is 2. The van der Waals surface area contributed by atoms with Gasteiger partial charge in [0.05, 0.1) is 7.11 Å². The minimum atomic E-state index is -0.115. The number of amides is 2. The highest BCUT2D eigenvalue weighted by atomic mass is 32.2. The standard InChI is InChI=1S/C22H26N2O4S/c1-27-19-8-3-4-9-20(19)28-15-22(26)24(17-10-11-17)13-12-21(25)23-16-6-5-7-18(14-16)29-2/h3-9,14,17H,10-13,15H2,1-2H3,(H,23,25). The SMILES string of the molecule is COc1ccccc1OCC(=O)N(CCC(=O)Nc1cccc(SC)c1)C1CC1. The van der Waals surface area contributed by atoms with Crippen molar-refractivity contribution >= 4 is 29.3 Å². The van der Waals surface area contributed by atoms with E-state index in [-0.39, 0.29) is 30.9 Å². The van der Waals surface area contributed by atoms with E-state index >= 15 is 0 Å². The van der Waals surface area contributed by atoms with Crippen LogP contribution in [0.2, 0.25) is 0 Å².